The number of primary amides is 1. The van der Waals surface area contributed by atoms with Crippen molar-refractivity contribution >= 4 is 17.6 Å². The van der Waals surface area contributed by atoms with Gasteiger partial charge in [-0.15, -0.1) is 0 Å². The van der Waals surface area contributed by atoms with Crippen molar-refractivity contribution in [2.45, 2.75) is 18.9 Å². The number of nitrogens with zero attached hydrogens (tertiary/aromatic N) is 2. The number of carbonyl (C=O) groups excluding carboxylic acids is 2. The fourth-order valence-corrected chi connectivity index (χ4v) is 2.50. The van der Waals surface area contributed by atoms with Crippen LogP contribution < -0.4 is 11.1 Å². The van der Waals surface area contributed by atoms with Gasteiger partial charge in [-0.3, -0.25) is 14.3 Å². The molecule has 1 heterocycles. The molecule has 0 spiro atoms. The molecule has 1 aromatic heterocycles. The van der Waals surface area contributed by atoms with Crippen LogP contribution in [0, 0.1) is 11.7 Å². The highest BCUT2D eigenvalue weighted by molar-refractivity contribution is 5.94. The second-order valence-electron chi connectivity index (χ2n) is 5.32. The van der Waals surface area contributed by atoms with E-state index in [1.165, 1.54) is 10.7 Å². The van der Waals surface area contributed by atoms with Gasteiger partial charge in [-0.05, 0) is 24.0 Å². The van der Waals surface area contributed by atoms with Crippen molar-refractivity contribution in [2.75, 3.05) is 5.32 Å². The first-order valence-electron chi connectivity index (χ1n) is 6.91. The summed E-state index contributed by atoms with van der Waals surface area (Å²) in [5.74, 6) is -0.980. The van der Waals surface area contributed by atoms with Gasteiger partial charge in [-0.1, -0.05) is 18.2 Å². The summed E-state index contributed by atoms with van der Waals surface area (Å²) in [5, 5.41) is 6.70. The summed E-state index contributed by atoms with van der Waals surface area (Å²) in [6, 6.07) is 8.07. The van der Waals surface area contributed by atoms with Crippen molar-refractivity contribution in [3.05, 3.63) is 47.9 Å². The van der Waals surface area contributed by atoms with Gasteiger partial charge in [-0.2, -0.15) is 5.10 Å². The number of halogens is 1. The number of nitrogens with two attached hydrogens (primary N) is 1. The molecule has 1 fully saturated rings. The Morgan fingerprint density at radius 3 is 2.86 bits per heavy atom. The maximum atomic E-state index is 13.7. The number of amides is 2. The second kappa shape index (κ2) is 5.59. The SMILES string of the molecule is NC(=O)Cn1ccc(NC(=O)[C@@H]2C[C@@H]2c2ccccc2F)n1. The van der Waals surface area contributed by atoms with Gasteiger partial charge in [0.05, 0.1) is 0 Å². The fourth-order valence-electron chi connectivity index (χ4n) is 2.50. The minimum absolute atomic E-state index is 0.0445. The molecule has 0 unspecified atom stereocenters. The topological polar surface area (TPSA) is 90.0 Å². The number of hydrogen-bond donors (Lipinski definition) is 2. The Bertz CT molecular complexity index is 728. The van der Waals surface area contributed by atoms with E-state index in [-0.39, 0.29) is 30.1 Å². The van der Waals surface area contributed by atoms with E-state index < -0.39 is 5.91 Å². The molecule has 0 aliphatic heterocycles. The Balaban J connectivity index is 1.61. The molecule has 2 aromatic rings. The predicted octanol–water partition coefficient (Wildman–Crippen LogP) is 1.25. The lowest BCUT2D eigenvalue weighted by atomic mass is 10.1. The monoisotopic (exact) mass is 302 g/mol. The Labute approximate surface area is 126 Å². The predicted molar refractivity (Wildman–Crippen MR) is 77.3 cm³/mol. The maximum Gasteiger partial charge on any atom is 0.239 e. The van der Waals surface area contributed by atoms with Gasteiger partial charge >= 0.3 is 0 Å². The van der Waals surface area contributed by atoms with Crippen LogP contribution in [0.2, 0.25) is 0 Å². The van der Waals surface area contributed by atoms with E-state index in [1.807, 2.05) is 0 Å². The van der Waals surface area contributed by atoms with E-state index in [9.17, 15) is 14.0 Å². The van der Waals surface area contributed by atoms with Crippen LogP contribution in [0.3, 0.4) is 0 Å². The van der Waals surface area contributed by atoms with Gasteiger partial charge < -0.3 is 11.1 Å². The van der Waals surface area contributed by atoms with Crippen molar-refractivity contribution in [3.63, 3.8) is 0 Å². The van der Waals surface area contributed by atoms with Crippen LogP contribution in [0.15, 0.2) is 36.5 Å². The highest BCUT2D eigenvalue weighted by atomic mass is 19.1. The molecule has 2 atom stereocenters. The van der Waals surface area contributed by atoms with Crippen molar-refractivity contribution in [2.24, 2.45) is 11.7 Å². The van der Waals surface area contributed by atoms with Gasteiger partial charge in [0.2, 0.25) is 11.8 Å². The Morgan fingerprint density at radius 1 is 1.36 bits per heavy atom. The van der Waals surface area contributed by atoms with Crippen LogP contribution in [0.5, 0.6) is 0 Å². The highest BCUT2D eigenvalue weighted by Crippen LogP contribution is 2.48. The molecule has 3 rings (SSSR count). The molecule has 3 N–H and O–H groups in total. The van der Waals surface area contributed by atoms with E-state index in [0.717, 1.165) is 0 Å². The zero-order chi connectivity index (χ0) is 15.7. The van der Waals surface area contributed by atoms with Gasteiger partial charge in [0.1, 0.15) is 12.4 Å². The molecule has 1 aromatic carbocycles. The first-order valence-corrected chi connectivity index (χ1v) is 6.91. The minimum atomic E-state index is -0.511. The van der Waals surface area contributed by atoms with E-state index in [0.29, 0.717) is 17.8 Å². The Kier molecular flexibility index (Phi) is 3.62. The normalized spacial score (nSPS) is 19.7. The van der Waals surface area contributed by atoms with Crippen LogP contribution in [0.1, 0.15) is 17.9 Å². The van der Waals surface area contributed by atoms with E-state index in [2.05, 4.69) is 10.4 Å². The summed E-state index contributed by atoms with van der Waals surface area (Å²) in [5.41, 5.74) is 5.64. The third-order valence-electron chi connectivity index (χ3n) is 3.64. The lowest BCUT2D eigenvalue weighted by molar-refractivity contribution is -0.119. The quantitative estimate of drug-likeness (QED) is 0.871. The zero-order valence-electron chi connectivity index (χ0n) is 11.7. The summed E-state index contributed by atoms with van der Waals surface area (Å²) >= 11 is 0. The van der Waals surface area contributed by atoms with Gasteiger partial charge in [-0.25, -0.2) is 4.39 Å². The first-order chi connectivity index (χ1) is 10.5. The van der Waals surface area contributed by atoms with Crippen molar-refractivity contribution in [1.82, 2.24) is 9.78 Å². The van der Waals surface area contributed by atoms with Crippen molar-refractivity contribution in [3.8, 4) is 0 Å². The van der Waals surface area contributed by atoms with Crippen molar-refractivity contribution < 1.29 is 14.0 Å². The number of anilines is 1. The van der Waals surface area contributed by atoms with Crippen LogP contribution in [-0.4, -0.2) is 21.6 Å². The Morgan fingerprint density at radius 2 is 2.14 bits per heavy atom. The molecular formula is C15H15FN4O2. The van der Waals surface area contributed by atoms with Crippen molar-refractivity contribution in [1.29, 1.82) is 0 Å². The van der Waals surface area contributed by atoms with Crippen LogP contribution in [0.25, 0.3) is 0 Å². The molecule has 1 aliphatic rings. The third-order valence-corrected chi connectivity index (χ3v) is 3.64. The third kappa shape index (κ3) is 2.98. The number of rotatable bonds is 5. The molecule has 114 valence electrons. The molecular weight excluding hydrogens is 287 g/mol. The molecule has 6 nitrogen and oxygen atoms in total. The smallest absolute Gasteiger partial charge is 0.239 e. The van der Waals surface area contributed by atoms with E-state index in [4.69, 9.17) is 5.73 Å². The number of nitrogens with one attached hydrogen (secondary N) is 1. The molecule has 1 aliphatic carbocycles. The molecule has 7 heteroatoms. The fraction of sp³-hybridized carbons (Fsp3) is 0.267. The largest absolute Gasteiger partial charge is 0.368 e. The molecule has 2 amide bonds. The number of benzene rings is 1. The number of carbonyl (C=O) groups is 2. The van der Waals surface area contributed by atoms with E-state index >= 15 is 0 Å². The number of aromatic nitrogens is 2. The summed E-state index contributed by atoms with van der Waals surface area (Å²) in [6.07, 6.45) is 2.18. The maximum absolute atomic E-state index is 13.7. The molecule has 0 bridgehead atoms. The molecule has 0 radical (unpaired) electrons. The van der Waals surface area contributed by atoms with E-state index in [1.54, 1.807) is 30.5 Å². The molecule has 22 heavy (non-hydrogen) atoms. The summed E-state index contributed by atoms with van der Waals surface area (Å²) in [6.45, 7) is -0.0445. The van der Waals surface area contributed by atoms with Gasteiger partial charge in [0.15, 0.2) is 5.82 Å². The lowest BCUT2D eigenvalue weighted by Crippen LogP contribution is -2.19. The van der Waals surface area contributed by atoms with Gasteiger partial charge in [0.25, 0.3) is 0 Å². The van der Waals surface area contributed by atoms with Gasteiger partial charge in [0, 0.05) is 18.2 Å². The van der Waals surface area contributed by atoms with Crippen LogP contribution in [0.4, 0.5) is 10.2 Å². The summed E-state index contributed by atoms with van der Waals surface area (Å²) in [7, 11) is 0. The van der Waals surface area contributed by atoms with Crippen LogP contribution in [-0.2, 0) is 16.1 Å². The zero-order valence-corrected chi connectivity index (χ0v) is 11.7. The minimum Gasteiger partial charge on any atom is -0.368 e. The lowest BCUT2D eigenvalue weighted by Gasteiger charge is -2.03. The summed E-state index contributed by atoms with van der Waals surface area (Å²) < 4.78 is 15.0. The second-order valence-corrected chi connectivity index (χ2v) is 5.32. The Hall–Kier alpha value is -2.70. The first kappa shape index (κ1) is 14.2. The molecule has 0 saturated heterocycles. The highest BCUT2D eigenvalue weighted by Gasteiger charge is 2.45. The standard InChI is InChI=1S/C15H15FN4O2/c16-12-4-2-1-3-9(12)10-7-11(10)15(22)18-14-5-6-20(19-14)8-13(17)21/h1-6,10-11H,7-8H2,(H2,17,21)(H,18,19,22)/t10-,11-/m1/s1. The average molecular weight is 302 g/mol. The van der Waals surface area contributed by atoms with Crippen LogP contribution >= 0.6 is 0 Å². The number of hydrogen-bond acceptors (Lipinski definition) is 3. The summed E-state index contributed by atoms with van der Waals surface area (Å²) in [4.78, 5) is 22.9. The average Bonchev–Trinajstić information content (AvgIpc) is 3.14. The molecule has 1 saturated carbocycles.